The van der Waals surface area contributed by atoms with Crippen molar-refractivity contribution in [1.29, 1.82) is 5.26 Å². The average molecular weight is 377 g/mol. The maximum Gasteiger partial charge on any atom is 0.321 e. The quantitative estimate of drug-likeness (QED) is 0.879. The van der Waals surface area contributed by atoms with E-state index in [1.807, 2.05) is 6.07 Å². The van der Waals surface area contributed by atoms with Gasteiger partial charge in [0.1, 0.15) is 6.10 Å². The number of halogens is 2. The molecule has 25 heavy (non-hydrogen) atoms. The smallest absolute Gasteiger partial charge is 0.321 e. The lowest BCUT2D eigenvalue weighted by atomic mass is 10.3. The summed E-state index contributed by atoms with van der Waals surface area (Å²) in [4.78, 5) is 18.1. The Morgan fingerprint density at radius 2 is 2.16 bits per heavy atom. The Balaban J connectivity index is 1.57. The molecule has 1 unspecified atom stereocenters. The zero-order valence-corrected chi connectivity index (χ0v) is 14.6. The first-order valence-corrected chi connectivity index (χ1v) is 8.34. The number of urea groups is 1. The van der Waals surface area contributed by atoms with Crippen LogP contribution >= 0.6 is 23.2 Å². The van der Waals surface area contributed by atoms with Crippen molar-refractivity contribution in [3.8, 4) is 11.9 Å². The van der Waals surface area contributed by atoms with E-state index >= 15 is 0 Å². The van der Waals surface area contributed by atoms with E-state index in [1.165, 1.54) is 6.20 Å². The van der Waals surface area contributed by atoms with Crippen molar-refractivity contribution >= 4 is 34.9 Å². The molecule has 1 atom stereocenters. The molecule has 1 saturated heterocycles. The minimum atomic E-state index is -0.233. The molecule has 1 fully saturated rings. The van der Waals surface area contributed by atoms with E-state index in [0.29, 0.717) is 46.7 Å². The minimum absolute atomic E-state index is 0.166. The van der Waals surface area contributed by atoms with Crippen LogP contribution in [-0.2, 0) is 0 Å². The molecule has 0 aliphatic carbocycles. The number of aromatic nitrogens is 1. The summed E-state index contributed by atoms with van der Waals surface area (Å²) in [7, 11) is 0. The monoisotopic (exact) mass is 376 g/mol. The number of amides is 2. The number of carbonyl (C=O) groups excluding carboxylic acids is 1. The minimum Gasteiger partial charge on any atom is -0.472 e. The molecule has 1 aliphatic heterocycles. The van der Waals surface area contributed by atoms with Crippen molar-refractivity contribution in [3.05, 3.63) is 52.1 Å². The van der Waals surface area contributed by atoms with Gasteiger partial charge in [0.05, 0.1) is 28.2 Å². The van der Waals surface area contributed by atoms with Gasteiger partial charge < -0.3 is 15.0 Å². The van der Waals surface area contributed by atoms with Crippen LogP contribution in [0.25, 0.3) is 0 Å². The Bertz CT molecular complexity index is 838. The first-order chi connectivity index (χ1) is 12.0. The Labute approximate surface area is 154 Å². The van der Waals surface area contributed by atoms with Gasteiger partial charge in [0.2, 0.25) is 5.88 Å². The van der Waals surface area contributed by atoms with Gasteiger partial charge in [-0.15, -0.1) is 0 Å². The number of nitrogens with one attached hydrogen (secondary N) is 1. The lowest BCUT2D eigenvalue weighted by Crippen LogP contribution is -2.34. The molecular weight excluding hydrogens is 363 g/mol. The molecule has 0 saturated carbocycles. The lowest BCUT2D eigenvalue weighted by molar-refractivity contribution is 0.190. The molecule has 1 aliphatic rings. The third-order valence-corrected chi connectivity index (χ3v) is 4.49. The number of benzene rings is 1. The summed E-state index contributed by atoms with van der Waals surface area (Å²) in [5.41, 5.74) is 1.06. The topological polar surface area (TPSA) is 78.2 Å². The molecular formula is C17H14Cl2N4O2. The lowest BCUT2D eigenvalue weighted by Gasteiger charge is -2.18. The van der Waals surface area contributed by atoms with Gasteiger partial charge in [-0.3, -0.25) is 0 Å². The number of hydrogen-bond donors (Lipinski definition) is 1. The van der Waals surface area contributed by atoms with Crippen molar-refractivity contribution in [3.63, 3.8) is 0 Å². The van der Waals surface area contributed by atoms with Crippen LogP contribution in [0.2, 0.25) is 10.0 Å². The molecule has 0 bridgehead atoms. The van der Waals surface area contributed by atoms with Crippen molar-refractivity contribution < 1.29 is 9.53 Å². The number of carbonyl (C=O) groups is 1. The number of nitrogens with zero attached hydrogens (tertiary/aromatic N) is 3. The fraction of sp³-hybridized carbons (Fsp3) is 0.235. The molecule has 2 amide bonds. The predicted molar refractivity (Wildman–Crippen MR) is 95.0 cm³/mol. The van der Waals surface area contributed by atoms with Crippen molar-refractivity contribution in [2.45, 2.75) is 12.5 Å². The molecule has 128 valence electrons. The van der Waals surface area contributed by atoms with Gasteiger partial charge >= 0.3 is 6.03 Å². The van der Waals surface area contributed by atoms with Crippen LogP contribution in [-0.4, -0.2) is 35.1 Å². The van der Waals surface area contributed by atoms with Gasteiger partial charge in [-0.2, -0.15) is 5.26 Å². The molecule has 1 N–H and O–H groups in total. The molecule has 0 spiro atoms. The Kier molecular flexibility index (Phi) is 5.27. The third kappa shape index (κ3) is 4.32. The normalized spacial score (nSPS) is 16.4. The second-order valence-electron chi connectivity index (χ2n) is 5.53. The van der Waals surface area contributed by atoms with E-state index in [9.17, 15) is 4.79 Å². The SMILES string of the molecule is N#Cc1ccnc(OC2CCN(C(=O)Nc3ccc(Cl)c(Cl)c3)C2)c1. The fourth-order valence-electron chi connectivity index (χ4n) is 2.50. The number of anilines is 1. The summed E-state index contributed by atoms with van der Waals surface area (Å²) < 4.78 is 5.76. The third-order valence-electron chi connectivity index (χ3n) is 3.75. The fourth-order valence-corrected chi connectivity index (χ4v) is 2.80. The van der Waals surface area contributed by atoms with E-state index in [-0.39, 0.29) is 12.1 Å². The maximum atomic E-state index is 12.3. The molecule has 2 aromatic rings. The van der Waals surface area contributed by atoms with Gasteiger partial charge in [0, 0.05) is 30.9 Å². The van der Waals surface area contributed by atoms with Crippen LogP contribution in [0.4, 0.5) is 10.5 Å². The summed E-state index contributed by atoms with van der Waals surface area (Å²) in [6.07, 6.45) is 2.05. The average Bonchev–Trinajstić information content (AvgIpc) is 3.07. The highest BCUT2D eigenvalue weighted by atomic mass is 35.5. The molecule has 2 heterocycles. The van der Waals surface area contributed by atoms with Gasteiger partial charge in [-0.05, 0) is 24.3 Å². The maximum absolute atomic E-state index is 12.3. The van der Waals surface area contributed by atoms with Crippen molar-refractivity contribution in [1.82, 2.24) is 9.88 Å². The predicted octanol–water partition coefficient (Wildman–Crippen LogP) is 3.95. The van der Waals surface area contributed by atoms with Gasteiger partial charge in [-0.1, -0.05) is 23.2 Å². The van der Waals surface area contributed by atoms with Crippen LogP contribution < -0.4 is 10.1 Å². The van der Waals surface area contributed by atoms with E-state index in [0.717, 1.165) is 0 Å². The van der Waals surface area contributed by atoms with Crippen molar-refractivity contribution in [2.75, 3.05) is 18.4 Å². The molecule has 8 heteroatoms. The number of rotatable bonds is 3. The molecule has 3 rings (SSSR count). The number of pyridine rings is 1. The van der Waals surface area contributed by atoms with Crippen LogP contribution in [0.15, 0.2) is 36.5 Å². The molecule has 6 nitrogen and oxygen atoms in total. The van der Waals surface area contributed by atoms with Gasteiger partial charge in [0.15, 0.2) is 0 Å². The van der Waals surface area contributed by atoms with Crippen molar-refractivity contribution in [2.24, 2.45) is 0 Å². The zero-order chi connectivity index (χ0) is 17.8. The zero-order valence-electron chi connectivity index (χ0n) is 13.1. The van der Waals surface area contributed by atoms with Gasteiger partial charge in [-0.25, -0.2) is 9.78 Å². The standard InChI is InChI=1S/C17H14Cl2N4O2/c18-14-2-1-12(8-15(14)19)22-17(24)23-6-4-13(10-23)25-16-7-11(9-20)3-5-21-16/h1-3,5,7-8,13H,4,6,10H2,(H,22,24). The Morgan fingerprint density at radius 3 is 2.92 bits per heavy atom. The van der Waals surface area contributed by atoms with E-state index in [4.69, 9.17) is 33.2 Å². The number of likely N-dealkylation sites (tertiary alicyclic amines) is 1. The van der Waals surface area contributed by atoms with E-state index in [1.54, 1.807) is 35.2 Å². The van der Waals surface area contributed by atoms with Crippen LogP contribution in [0.3, 0.4) is 0 Å². The first-order valence-electron chi connectivity index (χ1n) is 7.59. The summed E-state index contributed by atoms with van der Waals surface area (Å²) in [6, 6.07) is 9.92. The molecule has 1 aromatic heterocycles. The highest BCUT2D eigenvalue weighted by molar-refractivity contribution is 6.42. The Morgan fingerprint density at radius 1 is 1.32 bits per heavy atom. The summed E-state index contributed by atoms with van der Waals surface area (Å²) in [5.74, 6) is 0.385. The first kappa shape index (κ1) is 17.3. The summed E-state index contributed by atoms with van der Waals surface area (Å²) in [5, 5.41) is 12.5. The number of ether oxygens (including phenoxy) is 1. The molecule has 0 radical (unpaired) electrons. The largest absolute Gasteiger partial charge is 0.472 e. The second-order valence-corrected chi connectivity index (χ2v) is 6.34. The van der Waals surface area contributed by atoms with Crippen LogP contribution in [0.1, 0.15) is 12.0 Å². The summed E-state index contributed by atoms with van der Waals surface area (Å²) >= 11 is 11.8. The van der Waals surface area contributed by atoms with E-state index in [2.05, 4.69) is 10.3 Å². The van der Waals surface area contributed by atoms with E-state index < -0.39 is 0 Å². The highest BCUT2D eigenvalue weighted by Gasteiger charge is 2.28. The second kappa shape index (κ2) is 7.60. The summed E-state index contributed by atoms with van der Waals surface area (Å²) in [6.45, 7) is 1.00. The number of nitriles is 1. The highest BCUT2D eigenvalue weighted by Crippen LogP contribution is 2.25. The number of hydrogen-bond acceptors (Lipinski definition) is 4. The Hall–Kier alpha value is -2.49. The molecule has 1 aromatic carbocycles. The van der Waals surface area contributed by atoms with Crippen LogP contribution in [0, 0.1) is 11.3 Å². The van der Waals surface area contributed by atoms with Crippen LogP contribution in [0.5, 0.6) is 5.88 Å². The van der Waals surface area contributed by atoms with Gasteiger partial charge in [0.25, 0.3) is 0 Å².